The number of rotatable bonds is 10. The van der Waals surface area contributed by atoms with Gasteiger partial charge in [0.05, 0.1) is 17.9 Å². The van der Waals surface area contributed by atoms with Crippen molar-refractivity contribution >= 4 is 34.3 Å². The van der Waals surface area contributed by atoms with E-state index in [1.165, 1.54) is 0 Å². The van der Waals surface area contributed by atoms with E-state index in [-0.39, 0.29) is 5.97 Å². The fourth-order valence-electron chi connectivity index (χ4n) is 2.88. The molecule has 2 aromatic rings. The predicted octanol–water partition coefficient (Wildman–Crippen LogP) is 4.35. The molecule has 1 aromatic heterocycles. The molecule has 5 nitrogen and oxygen atoms in total. The maximum Gasteiger partial charge on any atom is 0.340 e. The Labute approximate surface area is 187 Å². The molecule has 1 aromatic carbocycles. The first-order valence-corrected chi connectivity index (χ1v) is 10.7. The van der Waals surface area contributed by atoms with Crippen LogP contribution in [0.15, 0.2) is 61.0 Å². The molecule has 0 aliphatic carbocycles. The van der Waals surface area contributed by atoms with Crippen molar-refractivity contribution in [2.24, 2.45) is 0 Å². The first-order chi connectivity index (χ1) is 14.0. The monoisotopic (exact) mass is 505 g/mol. The molecule has 154 valence electrons. The maximum atomic E-state index is 12.6. The molecule has 0 unspecified atom stereocenters. The minimum atomic E-state index is -0.372. The molecular weight excluding hydrogens is 477 g/mol. The van der Waals surface area contributed by atoms with Gasteiger partial charge in [-0.1, -0.05) is 18.7 Å². The Morgan fingerprint density at radius 3 is 2.59 bits per heavy atom. The van der Waals surface area contributed by atoms with Crippen LogP contribution in [0, 0.1) is 3.57 Å². The second-order valence-corrected chi connectivity index (χ2v) is 7.89. The van der Waals surface area contributed by atoms with Gasteiger partial charge in [0.15, 0.2) is 0 Å². The molecule has 0 saturated carbocycles. The Bertz CT molecular complexity index is 864. The third kappa shape index (κ3) is 6.68. The lowest BCUT2D eigenvalue weighted by atomic mass is 10.00. The van der Waals surface area contributed by atoms with Crippen molar-refractivity contribution in [2.75, 3.05) is 33.8 Å². The van der Waals surface area contributed by atoms with Crippen molar-refractivity contribution < 1.29 is 9.53 Å². The first kappa shape index (κ1) is 23.1. The number of nitrogens with zero attached hydrogens (tertiary/aromatic N) is 2. The summed E-state index contributed by atoms with van der Waals surface area (Å²) in [4.78, 5) is 18.8. The van der Waals surface area contributed by atoms with Crippen LogP contribution in [0.2, 0.25) is 0 Å². The molecule has 0 spiro atoms. The van der Waals surface area contributed by atoms with Crippen molar-refractivity contribution in [1.29, 1.82) is 0 Å². The predicted molar refractivity (Wildman–Crippen MR) is 127 cm³/mol. The minimum absolute atomic E-state index is 0.318. The average Bonchev–Trinajstić information content (AvgIpc) is 2.71. The van der Waals surface area contributed by atoms with Crippen LogP contribution in [0.1, 0.15) is 18.9 Å². The Morgan fingerprint density at radius 1 is 1.24 bits per heavy atom. The number of hydrogen-bond acceptors (Lipinski definition) is 5. The van der Waals surface area contributed by atoms with Gasteiger partial charge in [0, 0.05) is 28.1 Å². The zero-order chi connectivity index (χ0) is 21.2. The van der Waals surface area contributed by atoms with Crippen LogP contribution in [-0.4, -0.2) is 49.6 Å². The van der Waals surface area contributed by atoms with Crippen molar-refractivity contribution in [3.05, 3.63) is 70.1 Å². The summed E-state index contributed by atoms with van der Waals surface area (Å²) in [5.74, 6) is -0.372. The van der Waals surface area contributed by atoms with Crippen molar-refractivity contribution in [2.45, 2.75) is 13.3 Å². The van der Waals surface area contributed by atoms with Gasteiger partial charge >= 0.3 is 5.97 Å². The molecule has 2 rings (SSSR count). The van der Waals surface area contributed by atoms with Crippen molar-refractivity contribution in [3.8, 4) is 11.1 Å². The number of benzene rings is 1. The quantitative estimate of drug-likeness (QED) is 0.171. The molecule has 0 bridgehead atoms. The topological polar surface area (TPSA) is 54.5 Å². The van der Waals surface area contributed by atoms with E-state index in [0.717, 1.165) is 45.5 Å². The van der Waals surface area contributed by atoms with E-state index in [4.69, 9.17) is 4.74 Å². The van der Waals surface area contributed by atoms with E-state index in [1.54, 1.807) is 25.4 Å². The van der Waals surface area contributed by atoms with E-state index in [2.05, 4.69) is 62.6 Å². The van der Waals surface area contributed by atoms with Crippen LogP contribution in [0.3, 0.4) is 0 Å². The highest BCUT2D eigenvalue weighted by atomic mass is 127. The number of hydrogen-bond donors (Lipinski definition) is 1. The molecule has 0 amide bonds. The molecule has 0 aliphatic rings. The summed E-state index contributed by atoms with van der Waals surface area (Å²) >= 11 is 2.30. The van der Waals surface area contributed by atoms with Gasteiger partial charge in [-0.15, -0.1) is 0 Å². The molecule has 0 fully saturated rings. The van der Waals surface area contributed by atoms with E-state index < -0.39 is 0 Å². The molecule has 29 heavy (non-hydrogen) atoms. The Kier molecular flexibility index (Phi) is 9.34. The first-order valence-electron chi connectivity index (χ1n) is 9.60. The number of halogens is 1. The molecule has 1 N–H and O–H groups in total. The van der Waals surface area contributed by atoms with Gasteiger partial charge in [0.2, 0.25) is 0 Å². The number of carbonyl (C=O) groups is 1. The second-order valence-electron chi connectivity index (χ2n) is 6.73. The minimum Gasteiger partial charge on any atom is -0.462 e. The highest BCUT2D eigenvalue weighted by Gasteiger charge is 2.18. The SMILES string of the molecule is C=C/C(C(=O)OCC)=C(/NCCCN(C)C)c1cc(-c2ccncc2)ccc1I. The second kappa shape index (κ2) is 11.7. The van der Waals surface area contributed by atoms with E-state index >= 15 is 0 Å². The van der Waals surface area contributed by atoms with Gasteiger partial charge in [-0.25, -0.2) is 4.79 Å². The molecule has 6 heteroatoms. The summed E-state index contributed by atoms with van der Waals surface area (Å²) in [6, 6.07) is 10.2. The number of pyridine rings is 1. The van der Waals surface area contributed by atoms with Crippen LogP contribution in [0.25, 0.3) is 16.8 Å². The fourth-order valence-corrected chi connectivity index (χ4v) is 3.49. The largest absolute Gasteiger partial charge is 0.462 e. The Morgan fingerprint density at radius 2 is 1.97 bits per heavy atom. The van der Waals surface area contributed by atoms with Gasteiger partial charge < -0.3 is 15.0 Å². The third-order valence-corrected chi connectivity index (χ3v) is 5.24. The summed E-state index contributed by atoms with van der Waals surface area (Å²) in [5.41, 5.74) is 4.27. The van der Waals surface area contributed by atoms with Gasteiger partial charge in [-0.3, -0.25) is 4.98 Å². The van der Waals surface area contributed by atoms with Crippen LogP contribution in [0.4, 0.5) is 0 Å². The molecular formula is C23H28IN3O2. The fraction of sp³-hybridized carbons (Fsp3) is 0.304. The number of nitrogens with one attached hydrogen (secondary N) is 1. The van der Waals surface area contributed by atoms with Crippen molar-refractivity contribution in [3.63, 3.8) is 0 Å². The summed E-state index contributed by atoms with van der Waals surface area (Å²) in [7, 11) is 4.09. The normalized spacial score (nSPS) is 11.8. The van der Waals surface area contributed by atoms with E-state index in [9.17, 15) is 4.79 Å². The number of ether oxygens (including phenoxy) is 1. The van der Waals surface area contributed by atoms with Crippen LogP contribution in [0.5, 0.6) is 0 Å². The molecule has 1 heterocycles. The third-order valence-electron chi connectivity index (χ3n) is 4.30. The summed E-state index contributed by atoms with van der Waals surface area (Å²) < 4.78 is 6.31. The van der Waals surface area contributed by atoms with Gasteiger partial charge in [0.25, 0.3) is 0 Å². The average molecular weight is 505 g/mol. The summed E-state index contributed by atoms with van der Waals surface area (Å²) in [6.07, 6.45) is 6.07. The maximum absolute atomic E-state index is 12.6. The number of aromatic nitrogens is 1. The van der Waals surface area contributed by atoms with E-state index in [0.29, 0.717) is 12.2 Å². The lowest BCUT2D eigenvalue weighted by molar-refractivity contribution is -0.138. The Balaban J connectivity index is 2.49. The number of esters is 1. The lowest BCUT2D eigenvalue weighted by Gasteiger charge is -2.18. The highest BCUT2D eigenvalue weighted by Crippen LogP contribution is 2.29. The lowest BCUT2D eigenvalue weighted by Crippen LogP contribution is -2.23. The molecule has 0 aliphatic heterocycles. The van der Waals surface area contributed by atoms with E-state index in [1.807, 2.05) is 26.2 Å². The van der Waals surface area contributed by atoms with Gasteiger partial charge in [0.1, 0.15) is 0 Å². The molecule has 0 atom stereocenters. The van der Waals surface area contributed by atoms with Crippen LogP contribution >= 0.6 is 22.6 Å². The Hall–Kier alpha value is -2.19. The van der Waals surface area contributed by atoms with Gasteiger partial charge in [-0.05, 0) is 92.0 Å². The molecule has 0 radical (unpaired) electrons. The zero-order valence-electron chi connectivity index (χ0n) is 17.2. The van der Waals surface area contributed by atoms with Crippen molar-refractivity contribution in [1.82, 2.24) is 15.2 Å². The molecule has 0 saturated heterocycles. The highest BCUT2D eigenvalue weighted by molar-refractivity contribution is 14.1. The van der Waals surface area contributed by atoms with Crippen LogP contribution < -0.4 is 5.32 Å². The summed E-state index contributed by atoms with van der Waals surface area (Å²) in [5, 5.41) is 3.46. The smallest absolute Gasteiger partial charge is 0.340 e. The van der Waals surface area contributed by atoms with Gasteiger partial charge in [-0.2, -0.15) is 0 Å². The summed E-state index contributed by atoms with van der Waals surface area (Å²) in [6.45, 7) is 7.67. The standard InChI is InChI=1S/C23H28IN3O2/c1-5-19(23(28)29-6-2)22(26-12-7-15-27(3)4)20-16-18(8-9-21(20)24)17-10-13-25-14-11-17/h5,8-11,13-14,16,26H,1,6-7,12,15H2,2-4H3/b22-19-. The zero-order valence-corrected chi connectivity index (χ0v) is 19.4. The number of carbonyl (C=O) groups excluding carboxylic acids is 1. The van der Waals surface area contributed by atoms with Crippen LogP contribution in [-0.2, 0) is 9.53 Å².